The monoisotopic (exact) mass is 315 g/mol. The molecule has 1 saturated heterocycles. The predicted octanol–water partition coefficient (Wildman–Crippen LogP) is 2.27. The number of hydrogen-bond acceptors (Lipinski definition) is 4. The van der Waals surface area contributed by atoms with Crippen LogP contribution in [0.2, 0.25) is 0 Å². The van der Waals surface area contributed by atoms with E-state index in [1.807, 2.05) is 16.9 Å². The van der Waals surface area contributed by atoms with Gasteiger partial charge in [-0.25, -0.2) is 0 Å². The number of benzene rings is 1. The van der Waals surface area contributed by atoms with Gasteiger partial charge in [0.15, 0.2) is 0 Å². The molecule has 1 aliphatic rings. The molecule has 1 aromatic heterocycles. The van der Waals surface area contributed by atoms with Crippen LogP contribution in [0.25, 0.3) is 0 Å². The van der Waals surface area contributed by atoms with E-state index in [2.05, 4.69) is 29.1 Å². The Bertz CT molecular complexity index is 645. The Hall–Kier alpha value is -1.85. The number of phenolic OH excluding ortho intramolecular Hbond substituents is 1. The predicted molar refractivity (Wildman–Crippen MR) is 89.4 cm³/mol. The van der Waals surface area contributed by atoms with Crippen LogP contribution in [0.4, 0.5) is 0 Å². The molecule has 3 rings (SSSR count). The molecule has 0 aliphatic carbocycles. The molecule has 5 heteroatoms. The van der Waals surface area contributed by atoms with E-state index in [1.54, 1.807) is 6.07 Å². The maximum atomic E-state index is 10.0. The summed E-state index contributed by atoms with van der Waals surface area (Å²) < 4.78 is 1.92. The minimum atomic E-state index is 0.125. The summed E-state index contributed by atoms with van der Waals surface area (Å²) in [6.07, 6.45) is 4.00. The highest BCUT2D eigenvalue weighted by Crippen LogP contribution is 2.29. The third-order valence-corrected chi connectivity index (χ3v) is 4.70. The first-order valence-electron chi connectivity index (χ1n) is 8.31. The number of phenols is 1. The quantitative estimate of drug-likeness (QED) is 0.888. The van der Waals surface area contributed by atoms with E-state index in [0.29, 0.717) is 18.2 Å². The zero-order valence-electron chi connectivity index (χ0n) is 13.6. The number of aromatic hydroxyl groups is 1. The Balaban J connectivity index is 1.60. The molecule has 2 N–H and O–H groups in total. The number of aliphatic hydroxyl groups is 1. The fraction of sp³-hybridized carbons (Fsp3) is 0.500. The molecule has 0 radical (unpaired) electrons. The molecule has 2 heterocycles. The Morgan fingerprint density at radius 1 is 1.22 bits per heavy atom. The second-order valence-corrected chi connectivity index (χ2v) is 6.39. The first-order chi connectivity index (χ1) is 11.2. The zero-order valence-corrected chi connectivity index (χ0v) is 13.6. The summed E-state index contributed by atoms with van der Waals surface area (Å²) in [4.78, 5) is 2.40. The molecule has 124 valence electrons. The molecule has 0 amide bonds. The summed E-state index contributed by atoms with van der Waals surface area (Å²) in [5.41, 5.74) is 3.42. The van der Waals surface area contributed by atoms with Crippen molar-refractivity contribution >= 4 is 0 Å². The van der Waals surface area contributed by atoms with Gasteiger partial charge < -0.3 is 10.2 Å². The lowest BCUT2D eigenvalue weighted by molar-refractivity contribution is 0.197. The highest BCUT2D eigenvalue weighted by molar-refractivity contribution is 5.35. The van der Waals surface area contributed by atoms with Crippen LogP contribution in [0.1, 0.15) is 35.6 Å². The van der Waals surface area contributed by atoms with Gasteiger partial charge in [0.05, 0.1) is 13.2 Å². The fourth-order valence-electron chi connectivity index (χ4n) is 3.44. The van der Waals surface area contributed by atoms with Gasteiger partial charge in [-0.3, -0.25) is 9.58 Å². The molecule has 1 aromatic carbocycles. The van der Waals surface area contributed by atoms with Crippen LogP contribution in [0.5, 0.6) is 5.75 Å². The number of aromatic nitrogens is 2. The summed E-state index contributed by atoms with van der Waals surface area (Å²) in [5, 5.41) is 23.4. The van der Waals surface area contributed by atoms with Crippen molar-refractivity contribution in [2.45, 2.75) is 38.8 Å². The molecule has 2 aromatic rings. The van der Waals surface area contributed by atoms with E-state index in [-0.39, 0.29) is 6.61 Å². The van der Waals surface area contributed by atoms with Crippen molar-refractivity contribution in [3.05, 3.63) is 47.3 Å². The number of hydrogen-bond donors (Lipinski definition) is 2. The molecule has 0 bridgehead atoms. The normalized spacial score (nSPS) is 16.8. The molecular formula is C18H25N3O2. The van der Waals surface area contributed by atoms with Crippen molar-refractivity contribution < 1.29 is 10.2 Å². The van der Waals surface area contributed by atoms with Crippen molar-refractivity contribution in [2.75, 3.05) is 19.7 Å². The molecular weight excluding hydrogens is 290 g/mol. The fourth-order valence-corrected chi connectivity index (χ4v) is 3.44. The third kappa shape index (κ3) is 3.74. The number of likely N-dealkylation sites (tertiary alicyclic amines) is 1. The molecule has 0 saturated carbocycles. The largest absolute Gasteiger partial charge is 0.508 e. The van der Waals surface area contributed by atoms with E-state index in [1.165, 1.54) is 11.3 Å². The first-order valence-corrected chi connectivity index (χ1v) is 8.31. The van der Waals surface area contributed by atoms with E-state index in [4.69, 9.17) is 5.11 Å². The van der Waals surface area contributed by atoms with E-state index in [9.17, 15) is 5.11 Å². The van der Waals surface area contributed by atoms with Crippen LogP contribution in [-0.4, -0.2) is 44.6 Å². The number of rotatable bonds is 5. The Kier molecular flexibility index (Phi) is 4.98. The standard InChI is InChI=1S/C18H25N3O2/c1-14-2-3-18(23)16(12-14)13-20-8-5-15(6-9-20)17-4-7-19-21(17)10-11-22/h2-4,7,12,15,22-23H,5-6,8-11,13H2,1H3. The van der Waals surface area contributed by atoms with Crippen LogP contribution in [0, 0.1) is 6.92 Å². The minimum absolute atomic E-state index is 0.125. The number of aryl methyl sites for hydroxylation is 1. The van der Waals surface area contributed by atoms with E-state index < -0.39 is 0 Å². The average molecular weight is 315 g/mol. The number of nitrogens with zero attached hydrogens (tertiary/aromatic N) is 3. The SMILES string of the molecule is Cc1ccc(O)c(CN2CCC(c3ccnn3CCO)CC2)c1. The van der Waals surface area contributed by atoms with Gasteiger partial charge in [-0.1, -0.05) is 17.7 Å². The van der Waals surface area contributed by atoms with Crippen LogP contribution >= 0.6 is 0 Å². The molecule has 0 unspecified atom stereocenters. The lowest BCUT2D eigenvalue weighted by Gasteiger charge is -2.32. The van der Waals surface area contributed by atoms with Gasteiger partial charge in [0.2, 0.25) is 0 Å². The van der Waals surface area contributed by atoms with Gasteiger partial charge >= 0.3 is 0 Å². The average Bonchev–Trinajstić information content (AvgIpc) is 3.00. The molecule has 0 spiro atoms. The Labute approximate surface area is 137 Å². The van der Waals surface area contributed by atoms with Crippen LogP contribution in [0.15, 0.2) is 30.5 Å². The minimum Gasteiger partial charge on any atom is -0.508 e. The third-order valence-electron chi connectivity index (χ3n) is 4.70. The molecule has 23 heavy (non-hydrogen) atoms. The number of aliphatic hydroxyl groups excluding tert-OH is 1. The topological polar surface area (TPSA) is 61.5 Å². The van der Waals surface area contributed by atoms with Crippen molar-refractivity contribution in [3.63, 3.8) is 0 Å². The zero-order chi connectivity index (χ0) is 16.2. The van der Waals surface area contributed by atoms with Crippen LogP contribution in [0.3, 0.4) is 0 Å². The highest BCUT2D eigenvalue weighted by Gasteiger charge is 2.23. The highest BCUT2D eigenvalue weighted by atomic mass is 16.3. The molecule has 5 nitrogen and oxygen atoms in total. The lowest BCUT2D eigenvalue weighted by Crippen LogP contribution is -2.33. The second kappa shape index (κ2) is 7.15. The lowest BCUT2D eigenvalue weighted by atomic mass is 9.93. The van der Waals surface area contributed by atoms with Crippen LogP contribution < -0.4 is 0 Å². The number of piperidine rings is 1. The van der Waals surface area contributed by atoms with Crippen molar-refractivity contribution in [1.82, 2.24) is 14.7 Å². The van der Waals surface area contributed by atoms with Crippen molar-refractivity contribution in [1.29, 1.82) is 0 Å². The summed E-state index contributed by atoms with van der Waals surface area (Å²) in [6, 6.07) is 7.86. The molecule has 0 atom stereocenters. The maximum absolute atomic E-state index is 10.0. The van der Waals surface area contributed by atoms with E-state index in [0.717, 1.165) is 38.0 Å². The van der Waals surface area contributed by atoms with Gasteiger partial charge in [-0.15, -0.1) is 0 Å². The Morgan fingerprint density at radius 2 is 2.00 bits per heavy atom. The van der Waals surface area contributed by atoms with Gasteiger partial charge in [0.1, 0.15) is 5.75 Å². The summed E-state index contributed by atoms with van der Waals surface area (Å²) in [7, 11) is 0. The first kappa shape index (κ1) is 16.0. The maximum Gasteiger partial charge on any atom is 0.120 e. The van der Waals surface area contributed by atoms with Gasteiger partial charge in [0, 0.05) is 29.9 Å². The Morgan fingerprint density at radius 3 is 2.74 bits per heavy atom. The van der Waals surface area contributed by atoms with Crippen molar-refractivity contribution in [2.24, 2.45) is 0 Å². The van der Waals surface area contributed by atoms with Gasteiger partial charge in [-0.2, -0.15) is 5.10 Å². The smallest absolute Gasteiger partial charge is 0.120 e. The van der Waals surface area contributed by atoms with Crippen LogP contribution in [-0.2, 0) is 13.1 Å². The van der Waals surface area contributed by atoms with Crippen molar-refractivity contribution in [3.8, 4) is 5.75 Å². The summed E-state index contributed by atoms with van der Waals surface area (Å²) in [5.74, 6) is 0.894. The molecule has 1 fully saturated rings. The van der Waals surface area contributed by atoms with Gasteiger partial charge in [-0.05, 0) is 45.0 Å². The molecule has 1 aliphatic heterocycles. The van der Waals surface area contributed by atoms with Gasteiger partial charge in [0.25, 0.3) is 0 Å². The second-order valence-electron chi connectivity index (χ2n) is 6.39. The van der Waals surface area contributed by atoms with E-state index >= 15 is 0 Å². The summed E-state index contributed by atoms with van der Waals surface area (Å²) >= 11 is 0. The summed E-state index contributed by atoms with van der Waals surface area (Å²) in [6.45, 7) is 5.58.